The van der Waals surface area contributed by atoms with Gasteiger partial charge in [-0.2, -0.15) is 0 Å². The molecule has 296 valence electrons. The van der Waals surface area contributed by atoms with Crippen molar-refractivity contribution in [3.63, 3.8) is 0 Å². The predicted molar refractivity (Wildman–Crippen MR) is 206 cm³/mol. The number of hydrogen-bond donors (Lipinski definition) is 1. The number of carbonyl (C=O) groups excluding carboxylic acids is 2. The third-order valence-electron chi connectivity index (χ3n) is 12.8. The largest absolute Gasteiger partial charge is 0.443 e. The molecule has 1 aliphatic carbocycles. The number of sulfone groups is 1. The summed E-state index contributed by atoms with van der Waals surface area (Å²) in [6.07, 6.45) is 8.61. The van der Waals surface area contributed by atoms with Crippen LogP contribution in [0.3, 0.4) is 0 Å². The highest BCUT2D eigenvalue weighted by atomic mass is 32.2. The number of nitrogens with two attached hydrogens (primary N) is 1. The molecule has 4 heterocycles. The molecular weight excluding hydrogens is 727 g/mol. The van der Waals surface area contributed by atoms with Gasteiger partial charge in [0, 0.05) is 62.0 Å². The number of aromatic nitrogens is 2. The number of alkyl halides is 1. The fourth-order valence-electron chi connectivity index (χ4n) is 10.1. The Balaban J connectivity index is 1.05. The molecule has 7 rings (SSSR count). The Morgan fingerprint density at radius 2 is 1.82 bits per heavy atom. The molecule has 0 bridgehead atoms. The minimum absolute atomic E-state index is 0.0604. The highest BCUT2D eigenvalue weighted by molar-refractivity contribution is 7.92. The molecule has 0 radical (unpaired) electrons. The van der Waals surface area contributed by atoms with E-state index < -0.39 is 37.9 Å². The molecule has 11 nitrogen and oxygen atoms in total. The standard InChI is InChI=1S/C41H52F2N6O5S/c1-4-36-45-18-21-47(36)28-41(30-8-6-9-31(42)22-30,35-10-7-17-39(35,3)54-38(44)51)29-15-19-46(20-16-29)25-40(43)26-49(27-40)32-11-13-33(14-12-32)55(52,53)34-23-48(24-34)37(50)5-2/h5-6,8-9,11-14,18,21-22,29,34-35H,2,4,7,10,15-17,19-20,23-28H2,1,3H3,(H2,44,51)/t35?,39?,41-/m0/s1. The first-order valence-corrected chi connectivity index (χ1v) is 20.9. The first kappa shape index (κ1) is 39.0. The average Bonchev–Trinajstić information content (AvgIpc) is 3.74. The van der Waals surface area contributed by atoms with Gasteiger partial charge in [-0.1, -0.05) is 25.6 Å². The fraction of sp³-hybridized carbons (Fsp3) is 0.537. The van der Waals surface area contributed by atoms with E-state index in [0.29, 0.717) is 26.1 Å². The summed E-state index contributed by atoms with van der Waals surface area (Å²) in [6.45, 7) is 10.3. The lowest BCUT2D eigenvalue weighted by Gasteiger charge is -2.53. The quantitative estimate of drug-likeness (QED) is 0.232. The maximum absolute atomic E-state index is 16.3. The molecule has 3 aromatic rings. The van der Waals surface area contributed by atoms with E-state index in [2.05, 4.69) is 28.0 Å². The summed E-state index contributed by atoms with van der Waals surface area (Å²) in [5, 5.41) is -0.654. The van der Waals surface area contributed by atoms with Gasteiger partial charge in [-0.3, -0.25) is 9.69 Å². The maximum Gasteiger partial charge on any atom is 0.405 e. The number of anilines is 1. The fourth-order valence-corrected chi connectivity index (χ4v) is 11.8. The number of likely N-dealkylation sites (tertiary alicyclic amines) is 2. The third-order valence-corrected chi connectivity index (χ3v) is 15.0. The van der Waals surface area contributed by atoms with E-state index in [-0.39, 0.29) is 61.2 Å². The highest BCUT2D eigenvalue weighted by Crippen LogP contribution is 2.56. The van der Waals surface area contributed by atoms with Crippen molar-refractivity contribution in [2.75, 3.05) is 50.7 Å². The van der Waals surface area contributed by atoms with E-state index >= 15 is 8.78 Å². The second-order valence-electron chi connectivity index (χ2n) is 16.2. The van der Waals surface area contributed by atoms with Gasteiger partial charge in [-0.15, -0.1) is 0 Å². The Bertz CT molecular complexity index is 2010. The Morgan fingerprint density at radius 3 is 2.45 bits per heavy atom. The van der Waals surface area contributed by atoms with Crippen LogP contribution in [0, 0.1) is 17.7 Å². The number of aryl methyl sites for hydroxylation is 1. The number of amides is 2. The van der Waals surface area contributed by atoms with Crippen molar-refractivity contribution in [2.45, 2.75) is 85.7 Å². The minimum Gasteiger partial charge on any atom is -0.443 e. The van der Waals surface area contributed by atoms with Crippen molar-refractivity contribution in [1.29, 1.82) is 0 Å². The van der Waals surface area contributed by atoms with Crippen LogP contribution in [0.5, 0.6) is 0 Å². The van der Waals surface area contributed by atoms with Gasteiger partial charge >= 0.3 is 6.09 Å². The molecule has 55 heavy (non-hydrogen) atoms. The second-order valence-corrected chi connectivity index (χ2v) is 18.4. The first-order valence-electron chi connectivity index (χ1n) is 19.4. The molecule has 0 spiro atoms. The molecule has 1 aromatic heterocycles. The Kier molecular flexibility index (Phi) is 10.6. The third kappa shape index (κ3) is 7.39. The van der Waals surface area contributed by atoms with E-state index in [1.54, 1.807) is 42.6 Å². The maximum atomic E-state index is 16.3. The van der Waals surface area contributed by atoms with Crippen molar-refractivity contribution < 1.29 is 31.5 Å². The van der Waals surface area contributed by atoms with Crippen molar-refractivity contribution in [2.24, 2.45) is 17.6 Å². The normalized spacial score (nSPS) is 24.5. The second kappa shape index (κ2) is 15.0. The van der Waals surface area contributed by atoms with Crippen LogP contribution in [0.25, 0.3) is 0 Å². The zero-order chi connectivity index (χ0) is 39.2. The molecule has 2 N–H and O–H groups in total. The van der Waals surface area contributed by atoms with Gasteiger partial charge in [0.1, 0.15) is 22.5 Å². The molecule has 14 heteroatoms. The monoisotopic (exact) mass is 778 g/mol. The zero-order valence-electron chi connectivity index (χ0n) is 31.7. The number of piperidine rings is 1. The number of rotatable bonds is 13. The number of primary amides is 1. The van der Waals surface area contributed by atoms with Crippen LogP contribution in [0.15, 0.2) is 78.5 Å². The summed E-state index contributed by atoms with van der Waals surface area (Å²) in [5.41, 5.74) is 4.36. The summed E-state index contributed by atoms with van der Waals surface area (Å²) in [7, 11) is -3.60. The summed E-state index contributed by atoms with van der Waals surface area (Å²) in [6, 6.07) is 13.4. The summed E-state index contributed by atoms with van der Waals surface area (Å²) >= 11 is 0. The van der Waals surface area contributed by atoms with Gasteiger partial charge in [-0.25, -0.2) is 27.0 Å². The Morgan fingerprint density at radius 1 is 1.11 bits per heavy atom. The lowest BCUT2D eigenvalue weighted by Crippen LogP contribution is -2.64. The summed E-state index contributed by atoms with van der Waals surface area (Å²) in [5.74, 6) is 0.219. The van der Waals surface area contributed by atoms with E-state index in [1.165, 1.54) is 17.0 Å². The van der Waals surface area contributed by atoms with Gasteiger partial charge in [0.05, 0.1) is 18.0 Å². The average molecular weight is 779 g/mol. The molecule has 3 saturated heterocycles. The highest BCUT2D eigenvalue weighted by Gasteiger charge is 2.58. The zero-order valence-corrected chi connectivity index (χ0v) is 32.5. The number of benzene rings is 2. The van der Waals surface area contributed by atoms with Crippen LogP contribution in [0.4, 0.5) is 19.3 Å². The molecule has 1 saturated carbocycles. The molecule has 3 atom stereocenters. The van der Waals surface area contributed by atoms with Crippen LogP contribution < -0.4 is 10.6 Å². The SMILES string of the molecule is C=CC(=O)N1CC(S(=O)(=O)c2ccc(N3CC(F)(CN4CCC([C@@](Cn5ccnc5CC)(c5cccc(F)c5)C5CCCC5(C)OC(N)=O)CC4)C3)cc2)C1. The van der Waals surface area contributed by atoms with Crippen LogP contribution in [0.2, 0.25) is 0 Å². The van der Waals surface area contributed by atoms with Gasteiger partial charge in [-0.05, 0) is 106 Å². The van der Waals surface area contributed by atoms with Crippen LogP contribution >= 0.6 is 0 Å². The van der Waals surface area contributed by atoms with E-state index in [0.717, 1.165) is 49.2 Å². The van der Waals surface area contributed by atoms with Gasteiger partial charge < -0.3 is 24.8 Å². The number of ether oxygens (including phenoxy) is 1. The number of hydrogen-bond acceptors (Lipinski definition) is 8. The lowest BCUT2D eigenvalue weighted by molar-refractivity contribution is -0.129. The van der Waals surface area contributed by atoms with Gasteiger partial charge in [0.15, 0.2) is 15.5 Å². The van der Waals surface area contributed by atoms with Crippen molar-refractivity contribution in [1.82, 2.24) is 19.4 Å². The number of nitrogens with zero attached hydrogens (tertiary/aromatic N) is 5. The smallest absolute Gasteiger partial charge is 0.405 e. The van der Waals surface area contributed by atoms with Crippen molar-refractivity contribution >= 4 is 27.5 Å². The molecule has 4 aliphatic rings. The molecular formula is C41H52F2N6O5S. The topological polar surface area (TPSA) is 131 Å². The molecule has 2 unspecified atom stereocenters. The summed E-state index contributed by atoms with van der Waals surface area (Å²) < 4.78 is 65.8. The van der Waals surface area contributed by atoms with Crippen molar-refractivity contribution in [3.8, 4) is 0 Å². The first-order chi connectivity index (χ1) is 26.2. The predicted octanol–water partition coefficient (Wildman–Crippen LogP) is 5.29. The van der Waals surface area contributed by atoms with E-state index in [9.17, 15) is 18.0 Å². The van der Waals surface area contributed by atoms with Crippen LogP contribution in [-0.4, -0.2) is 102 Å². The van der Waals surface area contributed by atoms with Crippen molar-refractivity contribution in [3.05, 3.63) is 90.8 Å². The Hall–Kier alpha value is -4.30. The van der Waals surface area contributed by atoms with Gasteiger partial charge in [0.2, 0.25) is 5.91 Å². The lowest BCUT2D eigenvalue weighted by atomic mass is 9.56. The van der Waals surface area contributed by atoms with E-state index in [1.807, 2.05) is 24.1 Å². The van der Waals surface area contributed by atoms with Gasteiger partial charge in [0.25, 0.3) is 0 Å². The van der Waals surface area contributed by atoms with E-state index in [4.69, 9.17) is 10.5 Å². The number of halogens is 2. The summed E-state index contributed by atoms with van der Waals surface area (Å²) in [4.78, 5) is 34.4. The number of imidazole rings is 1. The minimum atomic E-state index is -3.60. The molecule has 2 aromatic carbocycles. The molecule has 2 amide bonds. The molecule has 3 aliphatic heterocycles. The van der Waals surface area contributed by atoms with Crippen LogP contribution in [0.1, 0.15) is 57.3 Å². The number of carbonyl (C=O) groups is 2. The Labute approximate surface area is 322 Å². The molecule has 4 fully saturated rings. The van der Waals surface area contributed by atoms with Crippen LogP contribution in [-0.2, 0) is 37.7 Å².